The summed E-state index contributed by atoms with van der Waals surface area (Å²) in [5.74, 6) is -2.70. The van der Waals surface area contributed by atoms with Crippen LogP contribution in [0, 0.1) is 0 Å². The largest absolute Gasteiger partial charge is 0.465 e. The topological polar surface area (TPSA) is 198 Å². The number of carbonyl (C=O) groups excluding carboxylic acids is 5. The number of nitrogens with zero attached hydrogens (tertiary/aromatic N) is 4. The average molecular weight is 816 g/mol. The van der Waals surface area contributed by atoms with Crippen molar-refractivity contribution in [2.45, 2.75) is 78.1 Å². The van der Waals surface area contributed by atoms with Crippen LogP contribution in [0.25, 0.3) is 11.3 Å². The predicted molar refractivity (Wildman–Crippen MR) is 214 cm³/mol. The molecule has 2 aliphatic heterocycles. The van der Waals surface area contributed by atoms with Gasteiger partial charge in [-0.05, 0) is 52.7 Å². The molecule has 0 radical (unpaired) electrons. The number of pyridine rings is 1. The third kappa shape index (κ3) is 13.0. The highest BCUT2D eigenvalue weighted by Crippen LogP contribution is 2.39. The summed E-state index contributed by atoms with van der Waals surface area (Å²) < 4.78 is 36.1. The van der Waals surface area contributed by atoms with Gasteiger partial charge in [-0.3, -0.25) is 23.7 Å². The van der Waals surface area contributed by atoms with Gasteiger partial charge in [0.15, 0.2) is 0 Å². The molecule has 2 aliphatic rings. The fraction of sp³-hybridized carbons (Fsp3) is 0.590. The highest BCUT2D eigenvalue weighted by Gasteiger charge is 2.40. The average Bonchev–Trinajstić information content (AvgIpc) is 3.70. The van der Waals surface area contributed by atoms with Crippen molar-refractivity contribution in [1.82, 2.24) is 30.3 Å². The number of nitrogens with one attached hydrogen (secondary N) is 3. The number of benzene rings is 1. The Bertz CT molecular complexity index is 1700. The second-order valence-corrected chi connectivity index (χ2v) is 16.3. The SMILES string of the molecule is CCCCOC(=O)N1CCN(C(=O)C(CP(=O)(N[C@@H](C)C(=O)OCC)N[C@H](C)C(=O)OCC)NC(=O)c2cc(N3CC[C@H](OC)C3)cc(-c3ccccc3)n2)CC1. The molecule has 3 amide bonds. The van der Waals surface area contributed by atoms with E-state index < -0.39 is 61.6 Å². The summed E-state index contributed by atoms with van der Waals surface area (Å²) in [5.41, 5.74) is 2.05. The zero-order valence-corrected chi connectivity index (χ0v) is 34.8. The summed E-state index contributed by atoms with van der Waals surface area (Å²) in [5, 5.41) is 8.35. The van der Waals surface area contributed by atoms with Gasteiger partial charge in [-0.2, -0.15) is 0 Å². The maximum absolute atomic E-state index is 14.9. The number of unbranched alkanes of at least 4 members (excludes halogenated alkanes) is 1. The highest BCUT2D eigenvalue weighted by atomic mass is 31.2. The molecule has 0 bridgehead atoms. The van der Waals surface area contributed by atoms with Crippen molar-refractivity contribution in [2.75, 3.05) is 77.3 Å². The minimum atomic E-state index is -4.12. The van der Waals surface area contributed by atoms with Crippen molar-refractivity contribution in [3.63, 3.8) is 0 Å². The lowest BCUT2D eigenvalue weighted by atomic mass is 10.1. The first kappa shape index (κ1) is 45.1. The third-order valence-corrected chi connectivity index (χ3v) is 12.1. The number of piperazine rings is 1. The molecule has 18 heteroatoms. The Morgan fingerprint density at radius 1 is 0.860 bits per heavy atom. The van der Waals surface area contributed by atoms with E-state index in [4.69, 9.17) is 23.9 Å². The summed E-state index contributed by atoms with van der Waals surface area (Å²) in [6, 6.07) is 9.20. The number of ether oxygens (including phenoxy) is 4. The number of rotatable bonds is 19. The molecule has 2 fully saturated rings. The van der Waals surface area contributed by atoms with Crippen LogP contribution in [0.2, 0.25) is 0 Å². The molecule has 3 N–H and O–H groups in total. The lowest BCUT2D eigenvalue weighted by molar-refractivity contribution is -0.145. The van der Waals surface area contributed by atoms with Crippen LogP contribution in [-0.2, 0) is 37.9 Å². The smallest absolute Gasteiger partial charge is 0.409 e. The van der Waals surface area contributed by atoms with Crippen molar-refractivity contribution in [3.05, 3.63) is 48.2 Å². The highest BCUT2D eigenvalue weighted by molar-refractivity contribution is 7.60. The summed E-state index contributed by atoms with van der Waals surface area (Å²) in [6.45, 7) is 10.4. The molecule has 0 saturated carbocycles. The number of hydrogen-bond acceptors (Lipinski definition) is 12. The second kappa shape index (κ2) is 21.8. The van der Waals surface area contributed by atoms with Crippen molar-refractivity contribution >= 4 is 43.0 Å². The zero-order valence-electron chi connectivity index (χ0n) is 33.9. The first-order chi connectivity index (χ1) is 27.3. The van der Waals surface area contributed by atoms with E-state index in [0.29, 0.717) is 18.8 Å². The number of esters is 2. The maximum Gasteiger partial charge on any atom is 0.409 e. The van der Waals surface area contributed by atoms with Gasteiger partial charge in [-0.15, -0.1) is 0 Å². The van der Waals surface area contributed by atoms with Crippen LogP contribution in [0.3, 0.4) is 0 Å². The molecule has 2 saturated heterocycles. The van der Waals surface area contributed by atoms with Gasteiger partial charge >= 0.3 is 18.0 Å². The van der Waals surface area contributed by atoms with Crippen molar-refractivity contribution in [1.29, 1.82) is 0 Å². The number of anilines is 1. The lowest BCUT2D eigenvalue weighted by Gasteiger charge is -2.37. The Labute approximate surface area is 335 Å². The Kier molecular flexibility index (Phi) is 17.3. The lowest BCUT2D eigenvalue weighted by Crippen LogP contribution is -2.57. The molecule has 0 spiro atoms. The predicted octanol–water partition coefficient (Wildman–Crippen LogP) is 3.43. The fourth-order valence-corrected chi connectivity index (χ4v) is 9.04. The van der Waals surface area contributed by atoms with Crippen LogP contribution < -0.4 is 20.4 Å². The molecule has 2 unspecified atom stereocenters. The van der Waals surface area contributed by atoms with Gasteiger partial charge in [-0.25, -0.2) is 20.0 Å². The van der Waals surface area contributed by atoms with Gasteiger partial charge in [0, 0.05) is 57.6 Å². The molecule has 2 aromatic rings. The molecule has 1 aromatic carbocycles. The van der Waals surface area contributed by atoms with Gasteiger partial charge in [0.25, 0.3) is 5.91 Å². The quantitative estimate of drug-likeness (QED) is 0.0807. The standard InChI is InChI=1S/C39H58N7O10P/c1-7-10-22-56-39(51)45-20-18-44(19-21-45)36(48)34(26-57(52,42-27(4)37(49)54-8-2)43-28(5)38(50)55-9-3)41-35(47)33-24-30(46-17-16-31(25-46)53-6)23-32(40-33)29-14-12-11-13-15-29/h11-15,23-24,27-28,31,34H,7-10,16-22,25-26H2,1-6H3,(H,41,47)(H2,42,43,52)/t27-,28+,31-,34?,57?/m0/s1. The Hall–Kier alpha value is -4.57. The van der Waals surface area contributed by atoms with E-state index in [0.717, 1.165) is 30.5 Å². The summed E-state index contributed by atoms with van der Waals surface area (Å²) >= 11 is 0. The minimum absolute atomic E-state index is 0.0134. The van der Waals surface area contributed by atoms with Crippen LogP contribution in [-0.4, -0.2) is 141 Å². The van der Waals surface area contributed by atoms with E-state index in [-0.39, 0.29) is 57.8 Å². The zero-order chi connectivity index (χ0) is 41.5. The second-order valence-electron chi connectivity index (χ2n) is 14.0. The van der Waals surface area contributed by atoms with E-state index in [2.05, 4.69) is 20.4 Å². The molecular weight excluding hydrogens is 757 g/mol. The van der Waals surface area contributed by atoms with E-state index >= 15 is 0 Å². The molecular formula is C39H58N7O10P. The van der Waals surface area contributed by atoms with Gasteiger partial charge in [0.2, 0.25) is 13.4 Å². The fourth-order valence-electron chi connectivity index (χ4n) is 6.53. The molecule has 1 aromatic heterocycles. The summed E-state index contributed by atoms with van der Waals surface area (Å²) in [6.07, 6.45) is 1.37. The number of methoxy groups -OCH3 is 1. The molecule has 0 aliphatic carbocycles. The Morgan fingerprint density at radius 3 is 2.04 bits per heavy atom. The van der Waals surface area contributed by atoms with E-state index in [1.807, 2.05) is 43.3 Å². The minimum Gasteiger partial charge on any atom is -0.465 e. The van der Waals surface area contributed by atoms with Crippen LogP contribution in [0.15, 0.2) is 42.5 Å². The Morgan fingerprint density at radius 2 is 1.47 bits per heavy atom. The van der Waals surface area contributed by atoms with Crippen LogP contribution >= 0.6 is 7.44 Å². The number of amides is 3. The Balaban J connectivity index is 1.70. The van der Waals surface area contributed by atoms with Gasteiger partial charge < -0.3 is 39.0 Å². The third-order valence-electron chi connectivity index (χ3n) is 9.66. The van der Waals surface area contributed by atoms with Gasteiger partial charge in [-0.1, -0.05) is 43.7 Å². The number of aromatic nitrogens is 1. The monoisotopic (exact) mass is 815 g/mol. The number of carbonyl (C=O) groups is 5. The first-order valence-corrected chi connectivity index (χ1v) is 21.5. The van der Waals surface area contributed by atoms with Crippen molar-refractivity contribution in [2.24, 2.45) is 0 Å². The van der Waals surface area contributed by atoms with E-state index in [1.54, 1.807) is 27.0 Å². The van der Waals surface area contributed by atoms with E-state index in [9.17, 15) is 28.5 Å². The van der Waals surface area contributed by atoms with Crippen LogP contribution in [0.5, 0.6) is 0 Å². The van der Waals surface area contributed by atoms with Crippen LogP contribution in [0.1, 0.15) is 64.4 Å². The van der Waals surface area contributed by atoms with Gasteiger partial charge in [0.1, 0.15) is 23.8 Å². The molecule has 17 nitrogen and oxygen atoms in total. The first-order valence-electron chi connectivity index (χ1n) is 19.7. The van der Waals surface area contributed by atoms with Crippen LogP contribution in [0.4, 0.5) is 10.5 Å². The van der Waals surface area contributed by atoms with Crippen molar-refractivity contribution < 1.29 is 47.5 Å². The summed E-state index contributed by atoms with van der Waals surface area (Å²) in [7, 11) is -2.46. The molecule has 5 atom stereocenters. The van der Waals surface area contributed by atoms with Crippen molar-refractivity contribution in [3.8, 4) is 11.3 Å². The molecule has 3 heterocycles. The van der Waals surface area contributed by atoms with Gasteiger partial charge in [0.05, 0.1) is 37.8 Å². The maximum atomic E-state index is 14.9. The summed E-state index contributed by atoms with van der Waals surface area (Å²) in [4.78, 5) is 76.8. The number of hydrogen-bond donors (Lipinski definition) is 3. The van der Waals surface area contributed by atoms with E-state index in [1.165, 1.54) is 23.6 Å². The molecule has 4 rings (SSSR count). The molecule has 314 valence electrons. The normalized spacial score (nSPS) is 18.2. The molecule has 57 heavy (non-hydrogen) atoms.